The number of nitrogens with one attached hydrogen (secondary N) is 3. The predicted octanol–water partition coefficient (Wildman–Crippen LogP) is 4.40. The quantitative estimate of drug-likeness (QED) is 0.747. The Labute approximate surface area is 145 Å². The Bertz CT molecular complexity index is 561. The number of anilines is 3. The third-order valence-corrected chi connectivity index (χ3v) is 6.45. The van der Waals surface area contributed by atoms with E-state index in [0.29, 0.717) is 17.5 Å². The molecule has 24 heavy (non-hydrogen) atoms. The first-order valence-corrected chi connectivity index (χ1v) is 9.84. The van der Waals surface area contributed by atoms with Gasteiger partial charge in [0.25, 0.3) is 0 Å². The van der Waals surface area contributed by atoms with Gasteiger partial charge in [-0.05, 0) is 50.4 Å². The second-order valence-electron chi connectivity index (χ2n) is 8.12. The maximum atomic E-state index is 4.79. The van der Waals surface area contributed by atoms with Gasteiger partial charge in [-0.1, -0.05) is 25.7 Å². The van der Waals surface area contributed by atoms with Crippen LogP contribution < -0.4 is 16.0 Å². The molecule has 3 fully saturated rings. The summed E-state index contributed by atoms with van der Waals surface area (Å²) in [6.45, 7) is 0. The van der Waals surface area contributed by atoms with Crippen molar-refractivity contribution >= 4 is 17.5 Å². The van der Waals surface area contributed by atoms with Crippen molar-refractivity contribution in [1.82, 2.24) is 9.97 Å². The van der Waals surface area contributed by atoms with Gasteiger partial charge in [0.05, 0.1) is 11.9 Å². The molecule has 132 valence electrons. The van der Waals surface area contributed by atoms with Crippen molar-refractivity contribution in [3.05, 3.63) is 6.20 Å². The van der Waals surface area contributed by atoms with Crippen molar-refractivity contribution in [2.24, 2.45) is 5.41 Å². The number of rotatable bonds is 5. The zero-order valence-electron chi connectivity index (χ0n) is 14.9. The summed E-state index contributed by atoms with van der Waals surface area (Å²) in [7, 11) is 1.94. The van der Waals surface area contributed by atoms with Crippen LogP contribution in [0.3, 0.4) is 0 Å². The highest BCUT2D eigenvalue weighted by atomic mass is 15.2. The molecule has 5 heteroatoms. The van der Waals surface area contributed by atoms with E-state index in [1.807, 2.05) is 13.2 Å². The minimum atomic E-state index is 0.544. The van der Waals surface area contributed by atoms with Crippen molar-refractivity contribution in [2.45, 2.75) is 82.7 Å². The Hall–Kier alpha value is -1.52. The number of aromatic nitrogens is 2. The Balaban J connectivity index is 1.43. The van der Waals surface area contributed by atoms with E-state index in [4.69, 9.17) is 4.98 Å². The van der Waals surface area contributed by atoms with Crippen LogP contribution in [-0.4, -0.2) is 29.1 Å². The molecule has 0 amide bonds. The summed E-state index contributed by atoms with van der Waals surface area (Å²) in [5.41, 5.74) is 1.62. The average Bonchev–Trinajstić information content (AvgIpc) is 3.33. The van der Waals surface area contributed by atoms with Crippen LogP contribution in [0.4, 0.5) is 17.5 Å². The van der Waals surface area contributed by atoms with E-state index >= 15 is 0 Å². The minimum Gasteiger partial charge on any atom is -0.384 e. The summed E-state index contributed by atoms with van der Waals surface area (Å²) in [6, 6.07) is 1.11. The van der Waals surface area contributed by atoms with Crippen LogP contribution in [0.5, 0.6) is 0 Å². The second-order valence-corrected chi connectivity index (χ2v) is 8.12. The average molecular weight is 329 g/mol. The van der Waals surface area contributed by atoms with Gasteiger partial charge in [0.2, 0.25) is 5.95 Å². The lowest BCUT2D eigenvalue weighted by molar-refractivity contribution is 0.306. The molecule has 0 radical (unpaired) electrons. The number of nitrogens with zero attached hydrogens (tertiary/aromatic N) is 2. The van der Waals surface area contributed by atoms with E-state index in [1.165, 1.54) is 70.6 Å². The first-order chi connectivity index (χ1) is 11.8. The third kappa shape index (κ3) is 3.31. The van der Waals surface area contributed by atoms with Gasteiger partial charge < -0.3 is 16.0 Å². The van der Waals surface area contributed by atoms with Gasteiger partial charge in [0, 0.05) is 19.1 Å². The molecule has 1 heterocycles. The fourth-order valence-electron chi connectivity index (χ4n) is 5.10. The van der Waals surface area contributed by atoms with E-state index < -0.39 is 0 Å². The Morgan fingerprint density at radius 2 is 1.75 bits per heavy atom. The summed E-state index contributed by atoms with van der Waals surface area (Å²) in [4.78, 5) is 9.33. The van der Waals surface area contributed by atoms with Crippen LogP contribution in [0.2, 0.25) is 0 Å². The first kappa shape index (κ1) is 16.0. The molecule has 1 aromatic heterocycles. The van der Waals surface area contributed by atoms with E-state index in [1.54, 1.807) is 0 Å². The second kappa shape index (κ2) is 6.77. The van der Waals surface area contributed by atoms with Crippen molar-refractivity contribution in [2.75, 3.05) is 23.0 Å². The molecule has 0 saturated heterocycles. The minimum absolute atomic E-state index is 0.544. The third-order valence-electron chi connectivity index (χ3n) is 6.45. The monoisotopic (exact) mass is 329 g/mol. The molecule has 1 spiro atoms. The van der Waals surface area contributed by atoms with Gasteiger partial charge in [-0.2, -0.15) is 4.98 Å². The SMILES string of the molecule is CNc1cnc(NC2CCC3(CCCC3)C2)nc1NC1CCCC1. The molecule has 1 aromatic rings. The summed E-state index contributed by atoms with van der Waals surface area (Å²) >= 11 is 0. The van der Waals surface area contributed by atoms with Crippen molar-refractivity contribution in [3.63, 3.8) is 0 Å². The Morgan fingerprint density at radius 1 is 0.958 bits per heavy atom. The largest absolute Gasteiger partial charge is 0.384 e. The van der Waals surface area contributed by atoms with E-state index in [2.05, 4.69) is 20.9 Å². The van der Waals surface area contributed by atoms with Gasteiger partial charge in [-0.25, -0.2) is 4.98 Å². The molecule has 3 aliphatic rings. The van der Waals surface area contributed by atoms with Gasteiger partial charge in [-0.3, -0.25) is 0 Å². The van der Waals surface area contributed by atoms with Crippen molar-refractivity contribution in [1.29, 1.82) is 0 Å². The maximum Gasteiger partial charge on any atom is 0.224 e. The molecule has 3 N–H and O–H groups in total. The molecule has 0 aliphatic heterocycles. The first-order valence-electron chi connectivity index (χ1n) is 9.84. The topological polar surface area (TPSA) is 61.9 Å². The summed E-state index contributed by atoms with van der Waals surface area (Å²) < 4.78 is 0. The maximum absolute atomic E-state index is 4.79. The highest BCUT2D eigenvalue weighted by Crippen LogP contribution is 2.50. The lowest BCUT2D eigenvalue weighted by Crippen LogP contribution is -2.22. The van der Waals surface area contributed by atoms with Crippen molar-refractivity contribution < 1.29 is 0 Å². The normalized spacial score (nSPS) is 26.1. The van der Waals surface area contributed by atoms with Gasteiger partial charge >= 0.3 is 0 Å². The van der Waals surface area contributed by atoms with E-state index in [9.17, 15) is 0 Å². The summed E-state index contributed by atoms with van der Waals surface area (Å²) in [6.07, 6.45) is 16.7. The molecule has 0 bridgehead atoms. The van der Waals surface area contributed by atoms with Crippen LogP contribution in [0, 0.1) is 5.41 Å². The molecular weight excluding hydrogens is 298 g/mol. The van der Waals surface area contributed by atoms with E-state index in [0.717, 1.165) is 17.5 Å². The highest BCUT2D eigenvalue weighted by molar-refractivity contribution is 5.65. The van der Waals surface area contributed by atoms with Crippen LogP contribution in [0.1, 0.15) is 70.6 Å². The molecular formula is C19H31N5. The fourth-order valence-corrected chi connectivity index (χ4v) is 5.10. The van der Waals surface area contributed by atoms with Gasteiger partial charge in [-0.15, -0.1) is 0 Å². The molecule has 1 unspecified atom stereocenters. The smallest absolute Gasteiger partial charge is 0.224 e. The van der Waals surface area contributed by atoms with Crippen molar-refractivity contribution in [3.8, 4) is 0 Å². The lowest BCUT2D eigenvalue weighted by atomic mass is 9.84. The van der Waals surface area contributed by atoms with Crippen LogP contribution >= 0.6 is 0 Å². The summed E-state index contributed by atoms with van der Waals surface area (Å²) in [5.74, 6) is 1.74. The molecule has 1 atom stereocenters. The van der Waals surface area contributed by atoms with Gasteiger partial charge in [0.1, 0.15) is 0 Å². The fraction of sp³-hybridized carbons (Fsp3) is 0.789. The predicted molar refractivity (Wildman–Crippen MR) is 99.6 cm³/mol. The standard InChI is InChI=1S/C19H31N5/c1-20-16-13-21-18(24-17(16)22-14-6-2-3-7-14)23-15-8-11-19(12-15)9-4-5-10-19/h13-15,20H,2-12H2,1H3,(H2,21,22,23,24). The zero-order chi connectivity index (χ0) is 16.4. The number of hydrogen-bond donors (Lipinski definition) is 3. The number of hydrogen-bond acceptors (Lipinski definition) is 5. The molecule has 4 rings (SSSR count). The molecule has 5 nitrogen and oxygen atoms in total. The zero-order valence-corrected chi connectivity index (χ0v) is 14.9. The summed E-state index contributed by atoms with van der Waals surface area (Å²) in [5, 5.41) is 10.5. The lowest BCUT2D eigenvalue weighted by Gasteiger charge is -2.23. The molecule has 3 aliphatic carbocycles. The van der Waals surface area contributed by atoms with Crippen LogP contribution in [0.25, 0.3) is 0 Å². The Morgan fingerprint density at radius 3 is 2.50 bits per heavy atom. The highest BCUT2D eigenvalue weighted by Gasteiger charge is 2.41. The van der Waals surface area contributed by atoms with Crippen LogP contribution in [0.15, 0.2) is 6.20 Å². The molecule has 3 saturated carbocycles. The van der Waals surface area contributed by atoms with E-state index in [-0.39, 0.29) is 0 Å². The Kier molecular flexibility index (Phi) is 4.51. The molecule has 0 aromatic carbocycles. The van der Waals surface area contributed by atoms with Crippen LogP contribution in [-0.2, 0) is 0 Å². The van der Waals surface area contributed by atoms with Gasteiger partial charge in [0.15, 0.2) is 5.82 Å².